The quantitative estimate of drug-likeness (QED) is 0.540. The van der Waals surface area contributed by atoms with E-state index in [2.05, 4.69) is 4.98 Å². The summed E-state index contributed by atoms with van der Waals surface area (Å²) in [4.78, 5) is 19.5. The summed E-state index contributed by atoms with van der Waals surface area (Å²) in [5.41, 5.74) is 1.96. The van der Waals surface area contributed by atoms with Gasteiger partial charge in [0.05, 0.1) is 11.0 Å². The summed E-state index contributed by atoms with van der Waals surface area (Å²) in [5.74, 6) is 0.0700. The average molecular weight is 486 g/mol. The average Bonchev–Trinajstić information content (AvgIpc) is 3.21. The first-order valence-electron chi connectivity index (χ1n) is 12.4. The van der Waals surface area contributed by atoms with E-state index in [4.69, 9.17) is 4.74 Å². The Balaban J connectivity index is 1.37. The molecule has 8 heteroatoms. The maximum atomic E-state index is 13.1. The third-order valence-corrected chi connectivity index (χ3v) is 8.56. The first-order valence-corrected chi connectivity index (χ1v) is 13.8. The molecule has 4 rings (SSSR count). The van der Waals surface area contributed by atoms with Crippen molar-refractivity contribution < 1.29 is 17.9 Å². The number of amides is 1. The van der Waals surface area contributed by atoms with E-state index in [0.29, 0.717) is 43.9 Å². The Morgan fingerprint density at radius 3 is 2.44 bits per heavy atom. The minimum Gasteiger partial charge on any atom is -0.376 e. The summed E-state index contributed by atoms with van der Waals surface area (Å²) in [6.07, 6.45) is 10.6. The van der Waals surface area contributed by atoms with Crippen LogP contribution in [-0.2, 0) is 32.5 Å². The van der Waals surface area contributed by atoms with Crippen molar-refractivity contribution in [3.63, 3.8) is 0 Å². The van der Waals surface area contributed by atoms with E-state index in [0.717, 1.165) is 56.3 Å². The Hall–Kier alpha value is -2.29. The number of carbonyl (C=O) groups is 1. The molecule has 2 aliphatic heterocycles. The number of nitrogens with zero attached hydrogens (tertiary/aromatic N) is 3. The van der Waals surface area contributed by atoms with E-state index in [1.807, 2.05) is 29.2 Å². The molecule has 2 saturated heterocycles. The lowest BCUT2D eigenvalue weighted by molar-refractivity contribution is -0.133. The number of pyridine rings is 1. The van der Waals surface area contributed by atoms with Crippen molar-refractivity contribution in [2.75, 3.05) is 26.2 Å². The molecular formula is C26H35N3O4S. The number of hydrogen-bond donors (Lipinski definition) is 0. The SMILES string of the molecule is O=C(CCc1ccc(S(=O)(=O)N2CCCCCC2)cc1)N(Cc1cccnc1)CC1CCCO1. The van der Waals surface area contributed by atoms with Crippen LogP contribution in [0.5, 0.6) is 0 Å². The molecule has 0 aliphatic carbocycles. The predicted octanol–water partition coefficient (Wildman–Crippen LogP) is 3.79. The van der Waals surface area contributed by atoms with Crippen LogP contribution in [0, 0.1) is 0 Å². The van der Waals surface area contributed by atoms with E-state index in [9.17, 15) is 13.2 Å². The minimum absolute atomic E-state index is 0.0700. The number of aryl methyl sites for hydroxylation is 1. The summed E-state index contributed by atoms with van der Waals surface area (Å²) < 4.78 is 33.4. The zero-order valence-electron chi connectivity index (χ0n) is 19.8. The van der Waals surface area contributed by atoms with Crippen molar-refractivity contribution >= 4 is 15.9 Å². The van der Waals surface area contributed by atoms with Gasteiger partial charge < -0.3 is 9.64 Å². The van der Waals surface area contributed by atoms with E-state index in [1.54, 1.807) is 28.8 Å². The van der Waals surface area contributed by atoms with Gasteiger partial charge in [0.25, 0.3) is 0 Å². The summed E-state index contributed by atoms with van der Waals surface area (Å²) >= 11 is 0. The fraction of sp³-hybridized carbons (Fsp3) is 0.538. The number of carbonyl (C=O) groups excluding carboxylic acids is 1. The van der Waals surface area contributed by atoms with Crippen LogP contribution in [0.15, 0.2) is 53.7 Å². The van der Waals surface area contributed by atoms with Crippen LogP contribution < -0.4 is 0 Å². The second kappa shape index (κ2) is 11.9. The summed E-state index contributed by atoms with van der Waals surface area (Å²) in [5, 5.41) is 0. The molecule has 1 unspecified atom stereocenters. The number of benzene rings is 1. The number of hydrogen-bond acceptors (Lipinski definition) is 5. The van der Waals surface area contributed by atoms with Gasteiger partial charge in [-0.1, -0.05) is 31.0 Å². The van der Waals surface area contributed by atoms with Gasteiger partial charge >= 0.3 is 0 Å². The van der Waals surface area contributed by atoms with Crippen molar-refractivity contribution in [2.24, 2.45) is 0 Å². The topological polar surface area (TPSA) is 79.8 Å². The molecule has 3 heterocycles. The maximum Gasteiger partial charge on any atom is 0.243 e. The van der Waals surface area contributed by atoms with Gasteiger partial charge in [-0.2, -0.15) is 4.31 Å². The number of sulfonamides is 1. The molecule has 1 aromatic heterocycles. The molecule has 184 valence electrons. The summed E-state index contributed by atoms with van der Waals surface area (Å²) in [7, 11) is -3.46. The highest BCUT2D eigenvalue weighted by atomic mass is 32.2. The molecule has 2 aliphatic rings. The van der Waals surface area contributed by atoms with Gasteiger partial charge in [0.2, 0.25) is 15.9 Å². The van der Waals surface area contributed by atoms with Crippen LogP contribution in [0.25, 0.3) is 0 Å². The second-order valence-corrected chi connectivity index (χ2v) is 11.2. The van der Waals surface area contributed by atoms with E-state index < -0.39 is 10.0 Å². The Morgan fingerprint density at radius 2 is 1.79 bits per heavy atom. The predicted molar refractivity (Wildman–Crippen MR) is 131 cm³/mol. The Labute approximate surface area is 203 Å². The van der Waals surface area contributed by atoms with Crippen molar-refractivity contribution in [2.45, 2.75) is 68.9 Å². The third-order valence-electron chi connectivity index (χ3n) is 6.65. The molecule has 1 amide bonds. The molecule has 0 bridgehead atoms. The van der Waals surface area contributed by atoms with Gasteiger partial charge in [-0.25, -0.2) is 8.42 Å². The molecule has 0 radical (unpaired) electrons. The van der Waals surface area contributed by atoms with Crippen LogP contribution in [0.2, 0.25) is 0 Å². The monoisotopic (exact) mass is 485 g/mol. The highest BCUT2D eigenvalue weighted by molar-refractivity contribution is 7.89. The van der Waals surface area contributed by atoms with Crippen molar-refractivity contribution in [3.05, 3.63) is 59.9 Å². The van der Waals surface area contributed by atoms with Crippen molar-refractivity contribution in [1.29, 1.82) is 0 Å². The smallest absolute Gasteiger partial charge is 0.243 e. The van der Waals surface area contributed by atoms with Gasteiger partial charge in [-0.15, -0.1) is 0 Å². The second-order valence-electron chi connectivity index (χ2n) is 9.23. The first kappa shape index (κ1) is 24.8. The fourth-order valence-corrected chi connectivity index (χ4v) is 6.19. The van der Waals surface area contributed by atoms with Crippen LogP contribution in [0.1, 0.15) is 56.1 Å². The van der Waals surface area contributed by atoms with Crippen LogP contribution in [0.3, 0.4) is 0 Å². The lowest BCUT2D eigenvalue weighted by Crippen LogP contribution is -2.37. The summed E-state index contributed by atoms with van der Waals surface area (Å²) in [6.45, 7) is 3.04. The van der Waals surface area contributed by atoms with Crippen LogP contribution in [0.4, 0.5) is 0 Å². The molecule has 0 saturated carbocycles. The molecule has 7 nitrogen and oxygen atoms in total. The standard InChI is InChI=1S/C26H35N3O4S/c30-26(28(21-24-8-6-18-33-24)20-23-7-5-15-27-19-23)14-11-22-9-12-25(13-10-22)34(31,32)29-16-3-1-2-4-17-29/h5,7,9-10,12-13,15,19,24H,1-4,6,8,11,14,16-18,20-21H2. The molecule has 0 spiro atoms. The Bertz CT molecular complexity index is 1010. The highest BCUT2D eigenvalue weighted by Crippen LogP contribution is 2.21. The molecule has 1 aromatic carbocycles. The minimum atomic E-state index is -3.46. The van der Waals surface area contributed by atoms with Gasteiger partial charge in [-0.05, 0) is 61.4 Å². The van der Waals surface area contributed by atoms with Gasteiger partial charge in [0.15, 0.2) is 0 Å². The molecule has 2 aromatic rings. The normalized spacial score (nSPS) is 19.6. The molecule has 34 heavy (non-hydrogen) atoms. The Kier molecular flexibility index (Phi) is 8.69. The molecular weight excluding hydrogens is 450 g/mol. The fourth-order valence-electron chi connectivity index (χ4n) is 4.67. The zero-order chi connectivity index (χ0) is 23.8. The van der Waals surface area contributed by atoms with Crippen LogP contribution in [-0.4, -0.2) is 60.9 Å². The number of ether oxygens (including phenoxy) is 1. The van der Waals surface area contributed by atoms with Crippen molar-refractivity contribution in [1.82, 2.24) is 14.2 Å². The van der Waals surface area contributed by atoms with E-state index in [1.165, 1.54) is 0 Å². The molecule has 0 N–H and O–H groups in total. The molecule has 2 fully saturated rings. The first-order chi connectivity index (χ1) is 16.5. The largest absolute Gasteiger partial charge is 0.376 e. The third kappa shape index (κ3) is 6.64. The molecule has 1 atom stereocenters. The van der Waals surface area contributed by atoms with E-state index >= 15 is 0 Å². The lowest BCUT2D eigenvalue weighted by atomic mass is 10.1. The van der Waals surface area contributed by atoms with Crippen molar-refractivity contribution in [3.8, 4) is 0 Å². The zero-order valence-corrected chi connectivity index (χ0v) is 20.6. The highest BCUT2D eigenvalue weighted by Gasteiger charge is 2.25. The number of aromatic nitrogens is 1. The van der Waals surface area contributed by atoms with Crippen LogP contribution >= 0.6 is 0 Å². The van der Waals surface area contributed by atoms with Gasteiger partial charge in [0.1, 0.15) is 0 Å². The van der Waals surface area contributed by atoms with Gasteiger partial charge in [0, 0.05) is 51.6 Å². The van der Waals surface area contributed by atoms with E-state index in [-0.39, 0.29) is 12.0 Å². The Morgan fingerprint density at radius 1 is 1.03 bits per heavy atom. The lowest BCUT2D eigenvalue weighted by Gasteiger charge is -2.25. The van der Waals surface area contributed by atoms with Gasteiger partial charge in [-0.3, -0.25) is 9.78 Å². The number of rotatable bonds is 9. The maximum absolute atomic E-state index is 13.1. The summed E-state index contributed by atoms with van der Waals surface area (Å²) in [6, 6.07) is 10.9.